The Balaban J connectivity index is 3.73. The van der Waals surface area contributed by atoms with Crippen LogP contribution in [0.3, 0.4) is 0 Å². The third kappa shape index (κ3) is 80.6. The summed E-state index contributed by atoms with van der Waals surface area (Å²) >= 11 is 0. The molecular weight excluding hydrogens is 1190 g/mol. The molecule has 95 heavy (non-hydrogen) atoms. The Bertz CT molecular complexity index is 1750. The molecule has 0 saturated carbocycles. The van der Waals surface area contributed by atoms with E-state index in [0.717, 1.165) is 51.4 Å². The summed E-state index contributed by atoms with van der Waals surface area (Å²) in [5, 5.41) is 0. The summed E-state index contributed by atoms with van der Waals surface area (Å²) in [5.41, 5.74) is 5.42. The van der Waals surface area contributed by atoms with Crippen molar-refractivity contribution in [1.29, 1.82) is 0 Å². The van der Waals surface area contributed by atoms with Crippen molar-refractivity contribution in [3.8, 4) is 0 Å². The first-order chi connectivity index (χ1) is 46.8. The second kappa shape index (κ2) is 80.7. The summed E-state index contributed by atoms with van der Waals surface area (Å²) in [6.45, 7) is 3.80. The Morgan fingerprint density at radius 3 is 0.811 bits per heavy atom. The van der Waals surface area contributed by atoms with Crippen LogP contribution in [-0.4, -0.2) is 49.3 Å². The second-order valence-electron chi connectivity index (χ2n) is 28.3. The maximum absolute atomic E-state index is 12.8. The highest BCUT2D eigenvalue weighted by Gasteiger charge is 2.26. The minimum Gasteiger partial charge on any atom is -0.462 e. The number of carbonyl (C=O) groups excluding carboxylic acids is 2. The Morgan fingerprint density at radius 2 is 0.547 bits per heavy atom. The van der Waals surface area contributed by atoms with E-state index in [1.54, 1.807) is 0 Å². The smallest absolute Gasteiger partial charge is 0.462 e. The summed E-state index contributed by atoms with van der Waals surface area (Å²) in [5.74, 6) is -0.803. The fraction of sp³-hybridized carbons (Fsp3) is 0.859. The average Bonchev–Trinajstić information content (AvgIpc) is 3.25. The van der Waals surface area contributed by atoms with Crippen molar-refractivity contribution in [3.63, 3.8) is 0 Å². The van der Waals surface area contributed by atoms with Crippen LogP contribution in [-0.2, 0) is 32.7 Å². The van der Waals surface area contributed by atoms with Crippen molar-refractivity contribution < 1.29 is 37.6 Å². The molecule has 0 rings (SSSR count). The van der Waals surface area contributed by atoms with Gasteiger partial charge in [-0.2, -0.15) is 0 Å². The van der Waals surface area contributed by atoms with Crippen LogP contribution in [0.4, 0.5) is 0 Å². The van der Waals surface area contributed by atoms with Crippen LogP contribution in [0.25, 0.3) is 0 Å². The lowest BCUT2D eigenvalue weighted by molar-refractivity contribution is -0.161. The molecule has 9 nitrogen and oxygen atoms in total. The van der Waals surface area contributed by atoms with E-state index < -0.39 is 26.5 Å². The van der Waals surface area contributed by atoms with Gasteiger partial charge in [0.25, 0.3) is 0 Å². The minimum absolute atomic E-state index is 0.0553. The molecule has 0 aromatic carbocycles. The molecule has 3 N–H and O–H groups in total. The van der Waals surface area contributed by atoms with Crippen LogP contribution in [0.15, 0.2) is 60.8 Å². The van der Waals surface area contributed by atoms with Gasteiger partial charge in [-0.3, -0.25) is 18.6 Å². The van der Waals surface area contributed by atoms with E-state index in [4.69, 9.17) is 24.3 Å². The van der Waals surface area contributed by atoms with Crippen LogP contribution in [0.1, 0.15) is 438 Å². The SMILES string of the molecule is CCCCCCC/C=C\C/C=C\C/C=C\CCCCCCCCCCCCCCCCCCCCC(=O)OC(COC(=O)CCCCCCCCCCCCCCCCCCCCCCCCCCCCCCC/C=C\C/C=C\CCCCCCC)COP(=O)(O)OCCN. The third-order valence-corrected chi connectivity index (χ3v) is 19.9. The zero-order chi connectivity index (χ0) is 68.6. The Labute approximate surface area is 590 Å². The number of phosphoric ester groups is 1. The van der Waals surface area contributed by atoms with Crippen LogP contribution in [0.5, 0.6) is 0 Å². The molecule has 0 spiro atoms. The largest absolute Gasteiger partial charge is 0.472 e. The summed E-state index contributed by atoms with van der Waals surface area (Å²) in [6, 6.07) is 0. The predicted molar refractivity (Wildman–Crippen MR) is 413 cm³/mol. The molecular formula is C85H160NO8P. The van der Waals surface area contributed by atoms with Crippen molar-refractivity contribution in [2.24, 2.45) is 5.73 Å². The van der Waals surface area contributed by atoms with Crippen molar-refractivity contribution >= 4 is 19.8 Å². The van der Waals surface area contributed by atoms with E-state index in [-0.39, 0.29) is 38.6 Å². The number of unbranched alkanes of at least 4 members (excludes halogenated alkanes) is 57. The molecule has 0 radical (unpaired) electrons. The quantitative estimate of drug-likeness (QED) is 0.0264. The molecule has 2 atom stereocenters. The maximum Gasteiger partial charge on any atom is 0.472 e. The highest BCUT2D eigenvalue weighted by Crippen LogP contribution is 2.43. The van der Waals surface area contributed by atoms with Crippen molar-refractivity contribution in [1.82, 2.24) is 0 Å². The zero-order valence-corrected chi connectivity index (χ0v) is 64.1. The Hall–Kier alpha value is -2.29. The monoisotopic (exact) mass is 1350 g/mol. The number of ether oxygens (including phenoxy) is 2. The molecule has 0 aliphatic carbocycles. The topological polar surface area (TPSA) is 134 Å². The molecule has 0 bridgehead atoms. The Kier molecular flexibility index (Phi) is 78.7. The first-order valence-corrected chi connectivity index (χ1v) is 43.3. The number of phosphoric acid groups is 1. The number of hydrogen-bond acceptors (Lipinski definition) is 8. The van der Waals surface area contributed by atoms with Gasteiger partial charge in [0.1, 0.15) is 6.61 Å². The van der Waals surface area contributed by atoms with E-state index in [9.17, 15) is 19.0 Å². The highest BCUT2D eigenvalue weighted by atomic mass is 31.2. The van der Waals surface area contributed by atoms with Gasteiger partial charge in [0.15, 0.2) is 6.10 Å². The van der Waals surface area contributed by atoms with E-state index >= 15 is 0 Å². The third-order valence-electron chi connectivity index (χ3n) is 18.9. The lowest BCUT2D eigenvalue weighted by atomic mass is 10.0. The highest BCUT2D eigenvalue weighted by molar-refractivity contribution is 7.47. The van der Waals surface area contributed by atoms with Gasteiger partial charge in [-0.05, 0) is 83.5 Å². The number of hydrogen-bond donors (Lipinski definition) is 2. The minimum atomic E-state index is -4.40. The zero-order valence-electron chi connectivity index (χ0n) is 63.2. The number of allylic oxidation sites excluding steroid dienone is 10. The molecule has 0 aliphatic heterocycles. The average molecular weight is 1360 g/mol. The molecule has 0 amide bonds. The first kappa shape index (κ1) is 92.7. The molecule has 558 valence electrons. The van der Waals surface area contributed by atoms with Crippen LogP contribution >= 0.6 is 7.82 Å². The number of nitrogens with two attached hydrogens (primary N) is 1. The van der Waals surface area contributed by atoms with Gasteiger partial charge in [0, 0.05) is 19.4 Å². The standard InChI is InChI=1S/C85H160NO8P/c1-3-5-7-9-11-13-15-17-19-21-23-25-27-29-31-33-35-37-38-39-40-41-42-43-44-46-47-49-51-53-55-57-59-61-63-65-67-69-71-73-75-77-84(87)91-81-83(82-93-95(89,90)92-80-79-86)94-85(88)78-76-74-72-70-68-66-64-62-60-58-56-54-52-50-48-45-36-34-32-30-28-26-24-22-20-18-16-14-12-10-8-6-4-2/h15-18,21-24,28,30,83H,3-14,19-20,25-27,29,31-82,86H2,1-2H3,(H,89,90)/b17-15-,18-16-,23-21-,24-22-,30-28-. The summed E-state index contributed by atoms with van der Waals surface area (Å²) in [7, 11) is -4.40. The fourth-order valence-corrected chi connectivity index (χ4v) is 13.4. The van der Waals surface area contributed by atoms with Gasteiger partial charge >= 0.3 is 19.8 Å². The summed E-state index contributed by atoms with van der Waals surface area (Å²) in [6.07, 6.45) is 107. The van der Waals surface area contributed by atoms with Gasteiger partial charge in [0.05, 0.1) is 13.2 Å². The van der Waals surface area contributed by atoms with Gasteiger partial charge < -0.3 is 20.1 Å². The molecule has 0 aromatic rings. The second-order valence-corrected chi connectivity index (χ2v) is 29.8. The molecule has 2 unspecified atom stereocenters. The van der Waals surface area contributed by atoms with Gasteiger partial charge in [0.2, 0.25) is 0 Å². The lowest BCUT2D eigenvalue weighted by Gasteiger charge is -2.19. The predicted octanol–water partition coefficient (Wildman–Crippen LogP) is 28.1. The molecule has 0 aliphatic rings. The van der Waals surface area contributed by atoms with Crippen molar-refractivity contribution in [2.45, 2.75) is 444 Å². The van der Waals surface area contributed by atoms with Crippen molar-refractivity contribution in [2.75, 3.05) is 26.4 Å². The maximum atomic E-state index is 12.8. The number of esters is 2. The van der Waals surface area contributed by atoms with E-state index in [2.05, 4.69) is 74.6 Å². The van der Waals surface area contributed by atoms with Crippen LogP contribution in [0, 0.1) is 0 Å². The molecule has 0 saturated heterocycles. The lowest BCUT2D eigenvalue weighted by Crippen LogP contribution is -2.29. The molecule has 0 heterocycles. The normalized spacial score (nSPS) is 13.1. The van der Waals surface area contributed by atoms with E-state index in [1.807, 2.05) is 0 Å². The van der Waals surface area contributed by atoms with Gasteiger partial charge in [-0.25, -0.2) is 4.57 Å². The summed E-state index contributed by atoms with van der Waals surface area (Å²) < 4.78 is 33.3. The van der Waals surface area contributed by atoms with Gasteiger partial charge in [-0.1, -0.05) is 402 Å². The molecule has 10 heteroatoms. The number of rotatable bonds is 80. The van der Waals surface area contributed by atoms with Crippen molar-refractivity contribution in [3.05, 3.63) is 60.8 Å². The van der Waals surface area contributed by atoms with E-state index in [0.29, 0.717) is 6.42 Å². The fourth-order valence-electron chi connectivity index (χ4n) is 12.7. The molecule has 0 aromatic heterocycles. The van der Waals surface area contributed by atoms with E-state index in [1.165, 1.54) is 353 Å². The summed E-state index contributed by atoms with van der Waals surface area (Å²) in [4.78, 5) is 35.5. The van der Waals surface area contributed by atoms with Gasteiger partial charge in [-0.15, -0.1) is 0 Å². The van der Waals surface area contributed by atoms with Crippen LogP contribution < -0.4 is 5.73 Å². The Morgan fingerprint density at radius 1 is 0.316 bits per heavy atom. The first-order valence-electron chi connectivity index (χ1n) is 41.8. The van der Waals surface area contributed by atoms with Crippen LogP contribution in [0.2, 0.25) is 0 Å². The number of carbonyl (C=O) groups is 2. The molecule has 0 fully saturated rings.